The van der Waals surface area contributed by atoms with Crippen LogP contribution in [0.4, 0.5) is 0 Å². The molecule has 0 aliphatic rings. The van der Waals surface area contributed by atoms with Gasteiger partial charge in [-0.25, -0.2) is 0 Å². The van der Waals surface area contributed by atoms with Crippen molar-refractivity contribution in [2.24, 2.45) is 0 Å². The Morgan fingerprint density at radius 3 is 2.55 bits per heavy atom. The summed E-state index contributed by atoms with van der Waals surface area (Å²) in [6.45, 7) is 9.17. The standard InChI is InChI=1S/C16H20N4/c1-11(2)20-12(3)9-14(18-20)10-19-16-8-6-5-7-15(16)13(4)17-19/h5-9,11H,10H2,1-4H3. The highest BCUT2D eigenvalue weighted by atomic mass is 15.3. The summed E-state index contributed by atoms with van der Waals surface area (Å²) in [5, 5.41) is 10.5. The zero-order valence-electron chi connectivity index (χ0n) is 12.5. The van der Waals surface area contributed by atoms with Gasteiger partial charge in [-0.1, -0.05) is 18.2 Å². The topological polar surface area (TPSA) is 35.6 Å². The van der Waals surface area contributed by atoms with E-state index in [2.05, 4.69) is 72.9 Å². The first-order valence-corrected chi connectivity index (χ1v) is 7.03. The van der Waals surface area contributed by atoms with Crippen molar-refractivity contribution < 1.29 is 0 Å². The van der Waals surface area contributed by atoms with Gasteiger partial charge in [-0.2, -0.15) is 10.2 Å². The Morgan fingerprint density at radius 2 is 1.85 bits per heavy atom. The Hall–Kier alpha value is -2.10. The van der Waals surface area contributed by atoms with Gasteiger partial charge in [0.1, 0.15) is 0 Å². The second-order valence-electron chi connectivity index (χ2n) is 5.58. The van der Waals surface area contributed by atoms with Crippen molar-refractivity contribution in [1.82, 2.24) is 19.6 Å². The van der Waals surface area contributed by atoms with Crippen molar-refractivity contribution in [3.63, 3.8) is 0 Å². The van der Waals surface area contributed by atoms with E-state index in [9.17, 15) is 0 Å². The second-order valence-corrected chi connectivity index (χ2v) is 5.58. The third-order valence-corrected chi connectivity index (χ3v) is 3.62. The first-order valence-electron chi connectivity index (χ1n) is 7.03. The molecule has 0 aliphatic carbocycles. The van der Waals surface area contributed by atoms with E-state index in [1.54, 1.807) is 0 Å². The number of rotatable bonds is 3. The van der Waals surface area contributed by atoms with Crippen molar-refractivity contribution in [2.45, 2.75) is 40.3 Å². The highest BCUT2D eigenvalue weighted by molar-refractivity contribution is 5.81. The van der Waals surface area contributed by atoms with Gasteiger partial charge in [0.05, 0.1) is 23.4 Å². The van der Waals surface area contributed by atoms with Crippen LogP contribution < -0.4 is 0 Å². The highest BCUT2D eigenvalue weighted by Gasteiger charge is 2.11. The number of benzene rings is 1. The van der Waals surface area contributed by atoms with Crippen LogP contribution in [0.2, 0.25) is 0 Å². The third-order valence-electron chi connectivity index (χ3n) is 3.62. The summed E-state index contributed by atoms with van der Waals surface area (Å²) in [4.78, 5) is 0. The van der Waals surface area contributed by atoms with Crippen LogP contribution in [-0.2, 0) is 6.54 Å². The van der Waals surface area contributed by atoms with Gasteiger partial charge in [0, 0.05) is 17.1 Å². The lowest BCUT2D eigenvalue weighted by atomic mass is 10.2. The van der Waals surface area contributed by atoms with Crippen molar-refractivity contribution in [3.8, 4) is 0 Å². The SMILES string of the molecule is Cc1nn(Cc2cc(C)n(C(C)C)n2)c2ccccc12. The quantitative estimate of drug-likeness (QED) is 0.729. The average molecular weight is 268 g/mol. The minimum atomic E-state index is 0.389. The maximum Gasteiger partial charge on any atom is 0.0857 e. The maximum atomic E-state index is 4.68. The molecule has 2 aromatic heterocycles. The van der Waals surface area contributed by atoms with E-state index in [-0.39, 0.29) is 0 Å². The summed E-state index contributed by atoms with van der Waals surface area (Å²) in [7, 11) is 0. The molecule has 0 fully saturated rings. The van der Waals surface area contributed by atoms with Crippen molar-refractivity contribution in [3.05, 3.63) is 47.4 Å². The van der Waals surface area contributed by atoms with Crippen molar-refractivity contribution in [1.29, 1.82) is 0 Å². The molecule has 0 saturated heterocycles. The fraction of sp³-hybridized carbons (Fsp3) is 0.375. The largest absolute Gasteiger partial charge is 0.267 e. The molecule has 20 heavy (non-hydrogen) atoms. The third kappa shape index (κ3) is 2.11. The van der Waals surface area contributed by atoms with E-state index in [0.717, 1.165) is 17.9 Å². The molecule has 0 aliphatic heterocycles. The predicted octanol–water partition coefficient (Wildman–Crippen LogP) is 3.48. The summed E-state index contributed by atoms with van der Waals surface area (Å²) in [6, 6.07) is 10.9. The molecule has 1 aromatic carbocycles. The molecule has 3 rings (SSSR count). The maximum absolute atomic E-state index is 4.68. The number of aryl methyl sites for hydroxylation is 2. The molecular weight excluding hydrogens is 248 g/mol. The van der Waals surface area contributed by atoms with Crippen LogP contribution >= 0.6 is 0 Å². The van der Waals surface area contributed by atoms with Gasteiger partial charge in [0.15, 0.2) is 0 Å². The first kappa shape index (κ1) is 12.9. The smallest absolute Gasteiger partial charge is 0.0857 e. The zero-order chi connectivity index (χ0) is 14.3. The van der Waals surface area contributed by atoms with E-state index in [0.29, 0.717) is 6.04 Å². The number of hydrogen-bond acceptors (Lipinski definition) is 2. The van der Waals surface area contributed by atoms with Gasteiger partial charge < -0.3 is 0 Å². The molecular formula is C16H20N4. The lowest BCUT2D eigenvalue weighted by molar-refractivity contribution is 0.510. The van der Waals surface area contributed by atoms with Gasteiger partial charge in [-0.3, -0.25) is 9.36 Å². The summed E-state index contributed by atoms with van der Waals surface area (Å²) < 4.78 is 4.10. The van der Waals surface area contributed by atoms with Gasteiger partial charge in [0.2, 0.25) is 0 Å². The Bertz CT molecular complexity index is 749. The lowest BCUT2D eigenvalue weighted by Crippen LogP contribution is -2.07. The van der Waals surface area contributed by atoms with Crippen molar-refractivity contribution >= 4 is 10.9 Å². The van der Waals surface area contributed by atoms with Gasteiger partial charge in [-0.15, -0.1) is 0 Å². The van der Waals surface area contributed by atoms with Crippen LogP contribution in [-0.4, -0.2) is 19.6 Å². The predicted molar refractivity (Wildman–Crippen MR) is 80.9 cm³/mol. The normalized spacial score (nSPS) is 11.7. The van der Waals surface area contributed by atoms with E-state index >= 15 is 0 Å². The molecule has 0 saturated carbocycles. The minimum absolute atomic E-state index is 0.389. The zero-order valence-corrected chi connectivity index (χ0v) is 12.5. The molecule has 104 valence electrons. The minimum Gasteiger partial charge on any atom is -0.267 e. The number of nitrogens with zero attached hydrogens (tertiary/aromatic N) is 4. The second kappa shape index (κ2) is 4.78. The number of para-hydroxylation sites is 1. The molecule has 0 bridgehead atoms. The molecule has 3 aromatic rings. The summed E-state index contributed by atoms with van der Waals surface area (Å²) in [5.74, 6) is 0. The first-order chi connectivity index (χ1) is 9.56. The Kier molecular flexibility index (Phi) is 3.08. The molecule has 4 nitrogen and oxygen atoms in total. The molecule has 0 radical (unpaired) electrons. The van der Waals surface area contributed by atoms with Crippen LogP contribution in [0.5, 0.6) is 0 Å². The fourth-order valence-electron chi connectivity index (χ4n) is 2.72. The number of fused-ring (bicyclic) bond motifs is 1. The summed E-state index contributed by atoms with van der Waals surface area (Å²) >= 11 is 0. The van der Waals surface area contributed by atoms with Gasteiger partial charge in [0.25, 0.3) is 0 Å². The van der Waals surface area contributed by atoms with Gasteiger partial charge in [-0.05, 0) is 39.8 Å². The monoisotopic (exact) mass is 268 g/mol. The molecule has 0 N–H and O–H groups in total. The molecule has 4 heteroatoms. The molecule has 0 spiro atoms. The number of hydrogen-bond donors (Lipinski definition) is 0. The fourth-order valence-corrected chi connectivity index (χ4v) is 2.72. The Morgan fingerprint density at radius 1 is 1.10 bits per heavy atom. The van der Waals surface area contributed by atoms with Crippen LogP contribution in [0.1, 0.15) is 37.0 Å². The molecule has 0 amide bonds. The molecule has 0 atom stereocenters. The van der Waals surface area contributed by atoms with Crippen molar-refractivity contribution in [2.75, 3.05) is 0 Å². The van der Waals surface area contributed by atoms with E-state index < -0.39 is 0 Å². The number of aromatic nitrogens is 4. The Balaban J connectivity index is 1.99. The van der Waals surface area contributed by atoms with E-state index in [4.69, 9.17) is 0 Å². The van der Waals surface area contributed by atoms with Crippen LogP contribution in [0.15, 0.2) is 30.3 Å². The summed E-state index contributed by atoms with van der Waals surface area (Å²) in [5.41, 5.74) is 4.50. The van der Waals surface area contributed by atoms with Crippen LogP contribution in [0, 0.1) is 13.8 Å². The average Bonchev–Trinajstić information content (AvgIpc) is 2.92. The van der Waals surface area contributed by atoms with Crippen LogP contribution in [0.3, 0.4) is 0 Å². The Labute approximate surface area is 119 Å². The highest BCUT2D eigenvalue weighted by Crippen LogP contribution is 2.19. The molecule has 2 heterocycles. The van der Waals surface area contributed by atoms with Crippen LogP contribution in [0.25, 0.3) is 10.9 Å². The van der Waals surface area contributed by atoms with E-state index in [1.165, 1.54) is 16.6 Å². The summed E-state index contributed by atoms with van der Waals surface area (Å²) in [6.07, 6.45) is 0. The van der Waals surface area contributed by atoms with E-state index in [1.807, 2.05) is 4.68 Å². The molecule has 0 unspecified atom stereocenters. The van der Waals surface area contributed by atoms with Gasteiger partial charge >= 0.3 is 0 Å². The lowest BCUT2D eigenvalue weighted by Gasteiger charge is -2.07.